The molecule has 2 aliphatic carbocycles. The number of hydrogen-bond acceptors (Lipinski definition) is 4. The lowest BCUT2D eigenvalue weighted by Gasteiger charge is -2.60. The SMILES string of the molecule is CC12CC[C@H]1C[C@@H]2N=C1NC(=O)C(C)(C(C)(O)C(F)(F)F)S1. The van der Waals surface area contributed by atoms with Crippen molar-refractivity contribution in [1.82, 2.24) is 5.32 Å². The lowest BCUT2D eigenvalue weighted by Crippen LogP contribution is -2.61. The number of nitrogens with one attached hydrogen (secondary N) is 1. The fourth-order valence-corrected chi connectivity index (χ4v) is 4.65. The molecule has 4 nitrogen and oxygen atoms in total. The van der Waals surface area contributed by atoms with Crippen LogP contribution in [0.3, 0.4) is 0 Å². The Kier molecular flexibility index (Phi) is 3.23. The number of alkyl halides is 3. The van der Waals surface area contributed by atoms with E-state index in [1.54, 1.807) is 0 Å². The fourth-order valence-electron chi connectivity index (χ4n) is 3.48. The summed E-state index contributed by atoms with van der Waals surface area (Å²) in [6, 6.07) is 0.0484. The summed E-state index contributed by atoms with van der Waals surface area (Å²) in [5, 5.41) is 12.5. The monoisotopic (exact) mass is 336 g/mol. The number of carbonyl (C=O) groups excluding carboxylic acids is 1. The average molecular weight is 336 g/mol. The van der Waals surface area contributed by atoms with Gasteiger partial charge in [0.25, 0.3) is 0 Å². The molecule has 1 amide bonds. The molecule has 0 aromatic carbocycles. The zero-order chi connectivity index (χ0) is 16.6. The standard InChI is InChI=1S/C14H19F3N2O2S/c1-11-5-4-7(11)6-8(11)18-10-19-9(20)12(2,22-10)13(3,21)14(15,16)17/h7-8,21H,4-6H2,1-3H3,(H,18,19,20)/t7-,8-,11?,12?,13?/m0/s1. The molecule has 3 unspecified atom stereocenters. The van der Waals surface area contributed by atoms with Crippen LogP contribution in [0.4, 0.5) is 13.2 Å². The summed E-state index contributed by atoms with van der Waals surface area (Å²) in [5.41, 5.74) is -3.00. The minimum Gasteiger partial charge on any atom is -0.379 e. The van der Waals surface area contributed by atoms with Crippen molar-refractivity contribution in [2.45, 2.75) is 62.6 Å². The number of aliphatic imine (C=N–C) groups is 1. The van der Waals surface area contributed by atoms with Crippen LogP contribution in [-0.4, -0.2) is 38.7 Å². The maximum atomic E-state index is 13.1. The second-order valence-electron chi connectivity index (χ2n) is 7.09. The molecule has 3 rings (SSSR count). The normalized spacial score (nSPS) is 45.6. The first-order valence-electron chi connectivity index (χ1n) is 7.29. The van der Waals surface area contributed by atoms with E-state index in [2.05, 4.69) is 17.2 Å². The Morgan fingerprint density at radius 1 is 1.41 bits per heavy atom. The third-order valence-electron chi connectivity index (χ3n) is 5.94. The van der Waals surface area contributed by atoms with E-state index in [9.17, 15) is 23.1 Å². The zero-order valence-corrected chi connectivity index (χ0v) is 13.4. The molecule has 8 heteroatoms. The number of carbonyl (C=O) groups is 1. The highest BCUT2D eigenvalue weighted by Gasteiger charge is 2.67. The molecule has 2 N–H and O–H groups in total. The van der Waals surface area contributed by atoms with Gasteiger partial charge in [-0.15, -0.1) is 0 Å². The van der Waals surface area contributed by atoms with E-state index in [1.165, 1.54) is 6.42 Å². The van der Waals surface area contributed by atoms with Gasteiger partial charge in [-0.05, 0) is 44.4 Å². The second kappa shape index (κ2) is 4.41. The Balaban J connectivity index is 1.81. The topological polar surface area (TPSA) is 61.7 Å². The molecular formula is C14H19F3N2O2S. The van der Waals surface area contributed by atoms with Gasteiger partial charge >= 0.3 is 6.18 Å². The van der Waals surface area contributed by atoms with E-state index in [0.29, 0.717) is 24.6 Å². The highest BCUT2D eigenvalue weighted by Crippen LogP contribution is 2.62. The third kappa shape index (κ3) is 1.89. The van der Waals surface area contributed by atoms with E-state index in [0.717, 1.165) is 19.8 Å². The van der Waals surface area contributed by atoms with Crippen LogP contribution in [0.5, 0.6) is 0 Å². The maximum absolute atomic E-state index is 13.1. The minimum absolute atomic E-state index is 0.0484. The molecule has 0 radical (unpaired) electrons. The smallest absolute Gasteiger partial charge is 0.379 e. The summed E-state index contributed by atoms with van der Waals surface area (Å²) in [4.78, 5) is 16.5. The second-order valence-corrected chi connectivity index (χ2v) is 8.49. The van der Waals surface area contributed by atoms with E-state index in [4.69, 9.17) is 0 Å². The quantitative estimate of drug-likeness (QED) is 0.814. The van der Waals surface area contributed by atoms with Crippen molar-refractivity contribution in [1.29, 1.82) is 0 Å². The predicted octanol–water partition coefficient (Wildman–Crippen LogP) is 2.47. The Morgan fingerprint density at radius 2 is 2.05 bits per heavy atom. The molecule has 1 saturated heterocycles. The van der Waals surface area contributed by atoms with Crippen LogP contribution in [0.1, 0.15) is 40.0 Å². The highest BCUT2D eigenvalue weighted by atomic mass is 32.2. The van der Waals surface area contributed by atoms with Crippen molar-refractivity contribution < 1.29 is 23.1 Å². The van der Waals surface area contributed by atoms with E-state index < -0.39 is 22.4 Å². The lowest BCUT2D eigenvalue weighted by atomic mass is 9.46. The van der Waals surface area contributed by atoms with Gasteiger partial charge in [0.2, 0.25) is 5.91 Å². The molecule has 0 aromatic heterocycles. The van der Waals surface area contributed by atoms with Crippen LogP contribution >= 0.6 is 11.8 Å². The molecule has 5 atom stereocenters. The maximum Gasteiger partial charge on any atom is 0.418 e. The van der Waals surface area contributed by atoms with Gasteiger partial charge in [-0.2, -0.15) is 13.2 Å². The number of hydrogen-bond donors (Lipinski definition) is 2. The van der Waals surface area contributed by atoms with Crippen LogP contribution in [-0.2, 0) is 4.79 Å². The Labute approximate surface area is 130 Å². The van der Waals surface area contributed by atoms with Crippen LogP contribution in [0.25, 0.3) is 0 Å². The van der Waals surface area contributed by atoms with E-state index in [-0.39, 0.29) is 16.6 Å². The van der Waals surface area contributed by atoms with Crippen molar-refractivity contribution in [3.63, 3.8) is 0 Å². The highest BCUT2D eigenvalue weighted by molar-refractivity contribution is 8.16. The molecule has 2 saturated carbocycles. The van der Waals surface area contributed by atoms with Crippen molar-refractivity contribution >= 4 is 22.8 Å². The van der Waals surface area contributed by atoms with Crippen LogP contribution in [0.2, 0.25) is 0 Å². The van der Waals surface area contributed by atoms with Crippen molar-refractivity contribution in [2.75, 3.05) is 0 Å². The Hall–Kier alpha value is -0.760. The van der Waals surface area contributed by atoms with Crippen LogP contribution in [0, 0.1) is 11.3 Å². The predicted molar refractivity (Wildman–Crippen MR) is 77.5 cm³/mol. The number of halogens is 3. The largest absolute Gasteiger partial charge is 0.418 e. The molecule has 1 heterocycles. The first kappa shape index (κ1) is 16.1. The molecule has 0 bridgehead atoms. The molecule has 1 aliphatic heterocycles. The van der Waals surface area contributed by atoms with Crippen molar-refractivity contribution in [2.24, 2.45) is 16.3 Å². The summed E-state index contributed by atoms with van der Waals surface area (Å²) in [6.45, 7) is 3.87. The van der Waals surface area contributed by atoms with Gasteiger partial charge in [-0.3, -0.25) is 9.79 Å². The average Bonchev–Trinajstić information content (AvgIpc) is 2.68. The third-order valence-corrected chi connectivity index (χ3v) is 7.33. The molecule has 3 fully saturated rings. The summed E-state index contributed by atoms with van der Waals surface area (Å²) in [6.07, 6.45) is -1.74. The summed E-state index contributed by atoms with van der Waals surface area (Å²) in [5.74, 6) is -0.207. The van der Waals surface area contributed by atoms with Gasteiger partial charge in [0.05, 0.1) is 6.04 Å². The number of nitrogens with zero attached hydrogens (tertiary/aromatic N) is 1. The van der Waals surface area contributed by atoms with E-state index in [1.807, 2.05) is 0 Å². The summed E-state index contributed by atoms with van der Waals surface area (Å²) in [7, 11) is 0. The van der Waals surface area contributed by atoms with Gasteiger partial charge < -0.3 is 10.4 Å². The van der Waals surface area contributed by atoms with Crippen molar-refractivity contribution in [3.05, 3.63) is 0 Å². The van der Waals surface area contributed by atoms with Crippen LogP contribution < -0.4 is 5.32 Å². The van der Waals surface area contributed by atoms with Crippen LogP contribution in [0.15, 0.2) is 4.99 Å². The summed E-state index contributed by atoms with van der Waals surface area (Å²) < 4.78 is 37.2. The number of amides is 1. The molecule has 3 aliphatic rings. The number of aliphatic hydroxyl groups is 1. The fraction of sp³-hybridized carbons (Fsp3) is 0.857. The molecule has 124 valence electrons. The van der Waals surface area contributed by atoms with Gasteiger partial charge in [0.15, 0.2) is 10.8 Å². The molecular weight excluding hydrogens is 317 g/mol. The number of amidine groups is 1. The van der Waals surface area contributed by atoms with Gasteiger partial charge in [0.1, 0.15) is 4.75 Å². The zero-order valence-electron chi connectivity index (χ0n) is 12.6. The number of thioether (sulfide) groups is 1. The molecule has 0 spiro atoms. The Morgan fingerprint density at radius 3 is 2.45 bits per heavy atom. The Bertz CT molecular complexity index is 563. The van der Waals surface area contributed by atoms with Gasteiger partial charge in [-0.1, -0.05) is 18.7 Å². The summed E-state index contributed by atoms with van der Waals surface area (Å²) >= 11 is 0.678. The van der Waals surface area contributed by atoms with Crippen molar-refractivity contribution in [3.8, 4) is 0 Å². The number of fused-ring (bicyclic) bond motifs is 1. The number of rotatable bonds is 2. The van der Waals surface area contributed by atoms with Gasteiger partial charge in [0, 0.05) is 0 Å². The lowest BCUT2D eigenvalue weighted by molar-refractivity contribution is -0.260. The first-order chi connectivity index (χ1) is 9.92. The van der Waals surface area contributed by atoms with E-state index >= 15 is 0 Å². The minimum atomic E-state index is -4.90. The first-order valence-corrected chi connectivity index (χ1v) is 8.11. The molecule has 22 heavy (non-hydrogen) atoms. The molecule has 0 aromatic rings. The van der Waals surface area contributed by atoms with Gasteiger partial charge in [-0.25, -0.2) is 0 Å².